The number of pyridine rings is 1. The summed E-state index contributed by atoms with van der Waals surface area (Å²) < 4.78 is 0. The second-order valence-corrected chi connectivity index (χ2v) is 6.11. The predicted octanol–water partition coefficient (Wildman–Crippen LogP) is 3.82. The summed E-state index contributed by atoms with van der Waals surface area (Å²) >= 11 is 0. The van der Waals surface area contributed by atoms with Crippen LogP contribution in [-0.2, 0) is 6.42 Å². The molecule has 1 aromatic rings. The van der Waals surface area contributed by atoms with Gasteiger partial charge in [0.05, 0.1) is 0 Å². The Labute approximate surface area is 118 Å². The first kappa shape index (κ1) is 14.5. The molecule has 0 bridgehead atoms. The zero-order valence-corrected chi connectivity index (χ0v) is 12.4. The molecule has 0 aromatic carbocycles. The second kappa shape index (κ2) is 7.64. The molecule has 0 aliphatic heterocycles. The van der Waals surface area contributed by atoms with Gasteiger partial charge < -0.3 is 5.32 Å². The first-order chi connectivity index (χ1) is 9.29. The van der Waals surface area contributed by atoms with Crippen LogP contribution in [-0.4, -0.2) is 17.6 Å². The Kier molecular flexibility index (Phi) is 5.84. The van der Waals surface area contributed by atoms with Crippen molar-refractivity contribution in [2.75, 3.05) is 6.54 Å². The Morgan fingerprint density at radius 1 is 1.26 bits per heavy atom. The van der Waals surface area contributed by atoms with Crippen LogP contribution in [0.2, 0.25) is 0 Å². The normalized spacial score (nSPS) is 25.2. The molecule has 1 aliphatic rings. The SMILES string of the molecule is CCCNC(Cc1ccccn1)C1CCC(C)CC1. The first-order valence-electron chi connectivity index (χ1n) is 7.93. The van der Waals surface area contributed by atoms with Crippen LogP contribution in [0.4, 0.5) is 0 Å². The zero-order valence-electron chi connectivity index (χ0n) is 12.4. The summed E-state index contributed by atoms with van der Waals surface area (Å²) in [6.45, 7) is 5.76. The molecule has 1 atom stereocenters. The fraction of sp³-hybridized carbons (Fsp3) is 0.706. The maximum Gasteiger partial charge on any atom is 0.0419 e. The van der Waals surface area contributed by atoms with Crippen molar-refractivity contribution in [1.82, 2.24) is 10.3 Å². The van der Waals surface area contributed by atoms with E-state index in [4.69, 9.17) is 0 Å². The summed E-state index contributed by atoms with van der Waals surface area (Å²) in [5.41, 5.74) is 1.23. The minimum absolute atomic E-state index is 0.613. The van der Waals surface area contributed by atoms with Gasteiger partial charge in [0, 0.05) is 24.4 Å². The fourth-order valence-corrected chi connectivity index (χ4v) is 3.17. The number of hydrogen-bond donors (Lipinski definition) is 1. The summed E-state index contributed by atoms with van der Waals surface area (Å²) in [4.78, 5) is 4.50. The molecule has 0 amide bonds. The highest BCUT2D eigenvalue weighted by molar-refractivity contribution is 5.06. The summed E-state index contributed by atoms with van der Waals surface area (Å²) in [6.07, 6.45) is 9.77. The lowest BCUT2D eigenvalue weighted by molar-refractivity contribution is 0.228. The van der Waals surface area contributed by atoms with E-state index in [1.807, 2.05) is 12.3 Å². The Balaban J connectivity index is 1.95. The van der Waals surface area contributed by atoms with Gasteiger partial charge in [0.15, 0.2) is 0 Å². The lowest BCUT2D eigenvalue weighted by Gasteiger charge is -2.33. The average Bonchev–Trinajstić information content (AvgIpc) is 2.45. The highest BCUT2D eigenvalue weighted by Crippen LogP contribution is 2.31. The van der Waals surface area contributed by atoms with Crippen LogP contribution in [0.25, 0.3) is 0 Å². The van der Waals surface area contributed by atoms with Crippen LogP contribution in [0, 0.1) is 11.8 Å². The van der Waals surface area contributed by atoms with E-state index in [2.05, 4.69) is 36.3 Å². The van der Waals surface area contributed by atoms with E-state index in [0.717, 1.165) is 24.8 Å². The van der Waals surface area contributed by atoms with Gasteiger partial charge in [0.1, 0.15) is 0 Å². The summed E-state index contributed by atoms with van der Waals surface area (Å²) in [5, 5.41) is 3.76. The number of hydrogen-bond acceptors (Lipinski definition) is 2. The molecule has 2 heteroatoms. The highest BCUT2D eigenvalue weighted by atomic mass is 14.9. The molecule has 2 nitrogen and oxygen atoms in total. The van der Waals surface area contributed by atoms with Crippen molar-refractivity contribution < 1.29 is 0 Å². The molecule has 0 saturated heterocycles. The van der Waals surface area contributed by atoms with Crippen molar-refractivity contribution in [3.8, 4) is 0 Å². The van der Waals surface area contributed by atoms with Crippen LogP contribution >= 0.6 is 0 Å². The van der Waals surface area contributed by atoms with E-state index in [-0.39, 0.29) is 0 Å². The maximum absolute atomic E-state index is 4.50. The highest BCUT2D eigenvalue weighted by Gasteiger charge is 2.25. The van der Waals surface area contributed by atoms with Gasteiger partial charge in [-0.3, -0.25) is 4.98 Å². The van der Waals surface area contributed by atoms with E-state index < -0.39 is 0 Å². The molecule has 1 heterocycles. The van der Waals surface area contributed by atoms with Crippen LogP contribution in [0.1, 0.15) is 51.6 Å². The monoisotopic (exact) mass is 260 g/mol. The molecule has 1 aliphatic carbocycles. The van der Waals surface area contributed by atoms with E-state index in [1.54, 1.807) is 0 Å². The molecule has 1 saturated carbocycles. The van der Waals surface area contributed by atoms with Gasteiger partial charge in [0.2, 0.25) is 0 Å². The molecule has 1 unspecified atom stereocenters. The van der Waals surface area contributed by atoms with E-state index in [1.165, 1.54) is 37.8 Å². The van der Waals surface area contributed by atoms with Gasteiger partial charge in [-0.25, -0.2) is 0 Å². The molecule has 0 radical (unpaired) electrons. The number of rotatable bonds is 6. The number of nitrogens with one attached hydrogen (secondary N) is 1. The van der Waals surface area contributed by atoms with Gasteiger partial charge in [-0.2, -0.15) is 0 Å². The second-order valence-electron chi connectivity index (χ2n) is 6.11. The van der Waals surface area contributed by atoms with Crippen LogP contribution in [0.5, 0.6) is 0 Å². The Morgan fingerprint density at radius 2 is 2.05 bits per heavy atom. The third-order valence-corrected chi connectivity index (χ3v) is 4.44. The molecule has 106 valence electrons. The Morgan fingerprint density at radius 3 is 2.68 bits per heavy atom. The minimum atomic E-state index is 0.613. The molecular weight excluding hydrogens is 232 g/mol. The van der Waals surface area contributed by atoms with Crippen LogP contribution in [0.3, 0.4) is 0 Å². The molecule has 1 fully saturated rings. The Hall–Kier alpha value is -0.890. The van der Waals surface area contributed by atoms with Gasteiger partial charge >= 0.3 is 0 Å². The third-order valence-electron chi connectivity index (χ3n) is 4.44. The van der Waals surface area contributed by atoms with Gasteiger partial charge in [-0.15, -0.1) is 0 Å². The van der Waals surface area contributed by atoms with Crippen LogP contribution < -0.4 is 5.32 Å². The summed E-state index contributed by atoms with van der Waals surface area (Å²) in [7, 11) is 0. The maximum atomic E-state index is 4.50. The zero-order chi connectivity index (χ0) is 13.5. The molecule has 19 heavy (non-hydrogen) atoms. The molecule has 2 rings (SSSR count). The predicted molar refractivity (Wildman–Crippen MR) is 81.1 cm³/mol. The Bertz CT molecular complexity index is 342. The molecular formula is C17H28N2. The van der Waals surface area contributed by atoms with Crippen molar-refractivity contribution >= 4 is 0 Å². The van der Waals surface area contributed by atoms with Crippen molar-refractivity contribution in [3.05, 3.63) is 30.1 Å². The van der Waals surface area contributed by atoms with Gasteiger partial charge in [0.25, 0.3) is 0 Å². The van der Waals surface area contributed by atoms with Crippen LogP contribution in [0.15, 0.2) is 24.4 Å². The third kappa shape index (κ3) is 4.61. The van der Waals surface area contributed by atoms with E-state index >= 15 is 0 Å². The number of nitrogens with zero attached hydrogens (tertiary/aromatic N) is 1. The quantitative estimate of drug-likeness (QED) is 0.841. The lowest BCUT2D eigenvalue weighted by Crippen LogP contribution is -2.40. The summed E-state index contributed by atoms with van der Waals surface area (Å²) in [5.74, 6) is 1.77. The topological polar surface area (TPSA) is 24.9 Å². The van der Waals surface area contributed by atoms with Crippen molar-refractivity contribution in [3.63, 3.8) is 0 Å². The standard InChI is InChI=1S/C17H28N2/c1-3-11-19-17(13-16-6-4-5-12-18-16)15-9-7-14(2)8-10-15/h4-6,12,14-15,17,19H,3,7-11,13H2,1-2H3. The molecule has 1 aromatic heterocycles. The fourth-order valence-electron chi connectivity index (χ4n) is 3.17. The van der Waals surface area contributed by atoms with E-state index in [9.17, 15) is 0 Å². The number of aromatic nitrogens is 1. The first-order valence-corrected chi connectivity index (χ1v) is 7.93. The largest absolute Gasteiger partial charge is 0.313 e. The van der Waals surface area contributed by atoms with E-state index in [0.29, 0.717) is 6.04 Å². The van der Waals surface area contributed by atoms with Gasteiger partial charge in [-0.1, -0.05) is 32.8 Å². The van der Waals surface area contributed by atoms with Crippen molar-refractivity contribution in [2.45, 2.75) is 58.4 Å². The average molecular weight is 260 g/mol. The molecule has 0 spiro atoms. The minimum Gasteiger partial charge on any atom is -0.313 e. The van der Waals surface area contributed by atoms with Gasteiger partial charge in [-0.05, 0) is 49.8 Å². The lowest BCUT2D eigenvalue weighted by atomic mass is 9.78. The summed E-state index contributed by atoms with van der Waals surface area (Å²) in [6, 6.07) is 6.87. The van der Waals surface area contributed by atoms with Crippen molar-refractivity contribution in [2.24, 2.45) is 11.8 Å². The molecule has 1 N–H and O–H groups in total. The smallest absolute Gasteiger partial charge is 0.0419 e. The van der Waals surface area contributed by atoms with Crippen molar-refractivity contribution in [1.29, 1.82) is 0 Å².